The third kappa shape index (κ3) is 4.28. The van der Waals surface area contributed by atoms with Crippen LogP contribution < -0.4 is 0 Å². The summed E-state index contributed by atoms with van der Waals surface area (Å²) >= 11 is 0. The molecule has 1 aliphatic heterocycles. The number of carbonyl (C=O) groups is 1. The maximum absolute atomic E-state index is 12.9. The zero-order valence-corrected chi connectivity index (χ0v) is 18.5. The van der Waals surface area contributed by atoms with Crippen LogP contribution in [-0.4, -0.2) is 65.6 Å². The zero-order valence-electron chi connectivity index (χ0n) is 17.7. The number of carbonyl (C=O) groups excluding carboxylic acids is 1. The summed E-state index contributed by atoms with van der Waals surface area (Å²) in [6.45, 7) is 5.60. The lowest BCUT2D eigenvalue weighted by atomic mass is 10.1. The van der Waals surface area contributed by atoms with Crippen LogP contribution in [0.3, 0.4) is 0 Å². The van der Waals surface area contributed by atoms with Crippen molar-refractivity contribution in [1.82, 2.24) is 13.8 Å². The highest BCUT2D eigenvalue weighted by molar-refractivity contribution is 7.89. The van der Waals surface area contributed by atoms with Gasteiger partial charge in [0, 0.05) is 61.3 Å². The Bertz CT molecular complexity index is 1130. The van der Waals surface area contributed by atoms with Crippen molar-refractivity contribution in [1.29, 1.82) is 0 Å². The molecule has 0 radical (unpaired) electrons. The monoisotopic (exact) mass is 446 g/mol. The van der Waals surface area contributed by atoms with E-state index in [4.69, 9.17) is 0 Å². The number of nitrogens with zero attached hydrogens (tertiary/aromatic N) is 4. The normalized spacial score (nSPS) is 18.3. The number of Topliss-reactive ketones (excluding diaryl/α,β-unsaturated/α-hetero) is 1. The van der Waals surface area contributed by atoms with Gasteiger partial charge in [0.15, 0.2) is 5.78 Å². The number of aromatic nitrogens is 1. The van der Waals surface area contributed by atoms with Crippen LogP contribution in [0.4, 0.5) is 5.69 Å². The molecule has 0 spiro atoms. The maximum atomic E-state index is 12.9. The van der Waals surface area contributed by atoms with Crippen molar-refractivity contribution in [3.8, 4) is 0 Å². The van der Waals surface area contributed by atoms with Gasteiger partial charge in [-0.25, -0.2) is 8.42 Å². The quantitative estimate of drug-likeness (QED) is 0.368. The van der Waals surface area contributed by atoms with Crippen molar-refractivity contribution in [2.75, 3.05) is 32.7 Å². The van der Waals surface area contributed by atoms with Crippen LogP contribution in [0.5, 0.6) is 0 Å². The van der Waals surface area contributed by atoms with Gasteiger partial charge in [0.2, 0.25) is 10.0 Å². The summed E-state index contributed by atoms with van der Waals surface area (Å²) in [6.07, 6.45) is 2.32. The Morgan fingerprint density at radius 1 is 1.13 bits per heavy atom. The number of benzene rings is 1. The second-order valence-electron chi connectivity index (χ2n) is 8.24. The SMILES string of the molecule is Cc1cc(C(=O)CN2CCN(S(=O)(=O)c3cccc([N+](=O)[O-])c3)CC2)c(C)n1C1CC1. The summed E-state index contributed by atoms with van der Waals surface area (Å²) in [7, 11) is -3.82. The van der Waals surface area contributed by atoms with Gasteiger partial charge in [-0.05, 0) is 38.8 Å². The van der Waals surface area contributed by atoms with E-state index in [1.807, 2.05) is 24.8 Å². The largest absolute Gasteiger partial charge is 0.345 e. The molecule has 0 bridgehead atoms. The van der Waals surface area contributed by atoms with Gasteiger partial charge in [-0.1, -0.05) is 6.07 Å². The molecule has 2 aliphatic rings. The van der Waals surface area contributed by atoms with Crippen LogP contribution in [0.2, 0.25) is 0 Å². The first-order valence-corrected chi connectivity index (χ1v) is 11.8. The first-order valence-electron chi connectivity index (χ1n) is 10.4. The molecule has 10 heteroatoms. The molecule has 0 unspecified atom stereocenters. The van der Waals surface area contributed by atoms with Gasteiger partial charge in [-0.3, -0.25) is 19.8 Å². The molecule has 2 heterocycles. The van der Waals surface area contributed by atoms with Gasteiger partial charge < -0.3 is 4.57 Å². The number of aryl methyl sites for hydroxylation is 1. The third-order valence-corrected chi connectivity index (χ3v) is 7.96. The Morgan fingerprint density at radius 3 is 2.42 bits per heavy atom. The molecule has 1 saturated carbocycles. The van der Waals surface area contributed by atoms with Crippen LogP contribution in [0, 0.1) is 24.0 Å². The van der Waals surface area contributed by atoms with Crippen LogP contribution in [-0.2, 0) is 10.0 Å². The van der Waals surface area contributed by atoms with Crippen molar-refractivity contribution in [2.24, 2.45) is 0 Å². The van der Waals surface area contributed by atoms with E-state index in [1.54, 1.807) is 0 Å². The van der Waals surface area contributed by atoms with Crippen LogP contribution in [0.25, 0.3) is 0 Å². The third-order valence-electron chi connectivity index (χ3n) is 6.06. The van der Waals surface area contributed by atoms with Crippen LogP contribution >= 0.6 is 0 Å². The molecule has 9 nitrogen and oxygen atoms in total. The summed E-state index contributed by atoms with van der Waals surface area (Å²) in [4.78, 5) is 25.1. The Hall–Kier alpha value is -2.56. The molecule has 0 amide bonds. The topological polar surface area (TPSA) is 106 Å². The first-order chi connectivity index (χ1) is 14.7. The maximum Gasteiger partial charge on any atom is 0.270 e. The lowest BCUT2D eigenvalue weighted by Crippen LogP contribution is -2.49. The van der Waals surface area contributed by atoms with Crippen molar-refractivity contribution >= 4 is 21.5 Å². The standard InChI is InChI=1S/C21H26N4O5S/c1-15-12-20(16(2)24(15)17-6-7-17)21(26)14-22-8-10-23(11-9-22)31(29,30)19-5-3-4-18(13-19)25(27)28/h3-5,12-13,17H,6-11,14H2,1-2H3. The minimum absolute atomic E-state index is 0.0509. The summed E-state index contributed by atoms with van der Waals surface area (Å²) in [5.74, 6) is 0.0509. The fraction of sp³-hybridized carbons (Fsp3) is 0.476. The highest BCUT2D eigenvalue weighted by atomic mass is 32.2. The number of sulfonamides is 1. The van der Waals surface area contributed by atoms with Crippen molar-refractivity contribution < 1.29 is 18.1 Å². The molecule has 0 atom stereocenters. The lowest BCUT2D eigenvalue weighted by Gasteiger charge is -2.33. The van der Waals surface area contributed by atoms with Crippen LogP contribution in [0.1, 0.15) is 40.6 Å². The molecule has 166 valence electrons. The van der Waals surface area contributed by atoms with Crippen LogP contribution in [0.15, 0.2) is 35.2 Å². The highest BCUT2D eigenvalue weighted by Crippen LogP contribution is 2.38. The number of rotatable bonds is 7. The van der Waals surface area contributed by atoms with E-state index >= 15 is 0 Å². The van der Waals surface area contributed by atoms with Gasteiger partial charge in [0.05, 0.1) is 16.4 Å². The average Bonchev–Trinajstić information content (AvgIpc) is 3.52. The van der Waals surface area contributed by atoms with E-state index in [-0.39, 0.29) is 36.0 Å². The minimum Gasteiger partial charge on any atom is -0.345 e. The Labute approximate surface area is 181 Å². The molecule has 4 rings (SSSR count). The molecule has 2 fully saturated rings. The number of nitro groups is 1. The van der Waals surface area contributed by atoms with E-state index in [2.05, 4.69) is 4.57 Å². The summed E-state index contributed by atoms with van der Waals surface area (Å²) < 4.78 is 29.3. The second kappa shape index (κ2) is 8.18. The van der Waals surface area contributed by atoms with Gasteiger partial charge in [0.25, 0.3) is 5.69 Å². The molecule has 2 aromatic rings. The molecule has 1 aromatic carbocycles. The molecule has 1 aliphatic carbocycles. The number of hydrogen-bond donors (Lipinski definition) is 0. The van der Waals surface area contributed by atoms with Gasteiger partial charge in [0.1, 0.15) is 0 Å². The number of non-ortho nitro benzene ring substituents is 1. The van der Waals surface area contributed by atoms with Gasteiger partial charge in [-0.15, -0.1) is 0 Å². The smallest absolute Gasteiger partial charge is 0.270 e. The minimum atomic E-state index is -3.82. The van der Waals surface area contributed by atoms with E-state index in [9.17, 15) is 23.3 Å². The lowest BCUT2D eigenvalue weighted by molar-refractivity contribution is -0.385. The molecule has 31 heavy (non-hydrogen) atoms. The molecular weight excluding hydrogens is 420 g/mol. The number of nitro benzene ring substituents is 1. The molecule has 1 aromatic heterocycles. The van der Waals surface area contributed by atoms with Crippen molar-refractivity contribution in [3.05, 3.63) is 57.4 Å². The second-order valence-corrected chi connectivity index (χ2v) is 10.2. The zero-order chi connectivity index (χ0) is 22.3. The fourth-order valence-electron chi connectivity index (χ4n) is 4.28. The summed E-state index contributed by atoms with van der Waals surface area (Å²) in [5, 5.41) is 11.0. The number of ketones is 1. The van der Waals surface area contributed by atoms with Crippen molar-refractivity contribution in [2.45, 2.75) is 37.6 Å². The molecule has 1 saturated heterocycles. The fourth-order valence-corrected chi connectivity index (χ4v) is 5.74. The van der Waals surface area contributed by atoms with E-state index in [0.717, 1.165) is 35.9 Å². The predicted octanol–water partition coefficient (Wildman–Crippen LogP) is 2.54. The summed E-state index contributed by atoms with van der Waals surface area (Å²) in [5.41, 5.74) is 2.61. The van der Waals surface area contributed by atoms with Gasteiger partial charge in [-0.2, -0.15) is 4.31 Å². The Morgan fingerprint density at radius 2 is 1.81 bits per heavy atom. The average molecular weight is 447 g/mol. The van der Waals surface area contributed by atoms with Gasteiger partial charge >= 0.3 is 0 Å². The van der Waals surface area contributed by atoms with E-state index in [0.29, 0.717) is 19.1 Å². The Kier molecular flexibility index (Phi) is 5.71. The summed E-state index contributed by atoms with van der Waals surface area (Å²) in [6, 6.07) is 7.57. The van der Waals surface area contributed by atoms with Crippen molar-refractivity contribution in [3.63, 3.8) is 0 Å². The number of hydrogen-bond acceptors (Lipinski definition) is 6. The predicted molar refractivity (Wildman–Crippen MR) is 115 cm³/mol. The van der Waals surface area contributed by atoms with E-state index in [1.165, 1.54) is 22.5 Å². The Balaban J connectivity index is 1.40. The molecule has 0 N–H and O–H groups in total. The first kappa shape index (κ1) is 21.7. The van der Waals surface area contributed by atoms with E-state index < -0.39 is 14.9 Å². The highest BCUT2D eigenvalue weighted by Gasteiger charge is 2.32. The number of piperazine rings is 1. The molecular formula is C21H26N4O5S.